The second-order valence-electron chi connectivity index (χ2n) is 7.46. The van der Waals surface area contributed by atoms with E-state index >= 15 is 0 Å². The second kappa shape index (κ2) is 9.58. The van der Waals surface area contributed by atoms with Crippen LogP contribution in [0.1, 0.15) is 33.4 Å². The first-order valence-electron chi connectivity index (χ1n) is 10.5. The quantitative estimate of drug-likeness (QED) is 0.519. The lowest BCUT2D eigenvalue weighted by molar-refractivity contribution is 0.0525. The highest BCUT2D eigenvalue weighted by Crippen LogP contribution is 2.34. The number of amides is 1. The average molecular weight is 473 g/mol. The van der Waals surface area contributed by atoms with Crippen LogP contribution in [0.25, 0.3) is 11.3 Å². The van der Waals surface area contributed by atoms with Gasteiger partial charge < -0.3 is 19.1 Å². The zero-order valence-corrected chi connectivity index (χ0v) is 18.9. The number of hydrogen-bond donors (Lipinski definition) is 0. The van der Waals surface area contributed by atoms with Crippen molar-refractivity contribution in [3.05, 3.63) is 64.3 Å². The second-order valence-corrected chi connectivity index (χ2v) is 7.87. The molecule has 1 amide bonds. The number of nitrogens with zero attached hydrogens (tertiary/aromatic N) is 4. The summed E-state index contributed by atoms with van der Waals surface area (Å²) in [7, 11) is 0. The van der Waals surface area contributed by atoms with Crippen LogP contribution in [0.5, 0.6) is 0 Å². The summed E-state index contributed by atoms with van der Waals surface area (Å²) in [5.74, 6) is -0.287. The highest BCUT2D eigenvalue weighted by atomic mass is 35.5. The van der Waals surface area contributed by atoms with E-state index in [0.29, 0.717) is 49.9 Å². The largest absolute Gasteiger partial charge is 0.462 e. The van der Waals surface area contributed by atoms with Gasteiger partial charge >= 0.3 is 5.97 Å². The van der Waals surface area contributed by atoms with Gasteiger partial charge in [0.25, 0.3) is 5.91 Å². The van der Waals surface area contributed by atoms with Crippen molar-refractivity contribution < 1.29 is 23.2 Å². The number of hydrogen-bond acceptors (Lipinski definition) is 7. The fourth-order valence-corrected chi connectivity index (χ4v) is 3.98. The minimum Gasteiger partial charge on any atom is -0.462 e. The molecule has 2 aromatic heterocycles. The highest BCUT2D eigenvalue weighted by Gasteiger charge is 2.30. The van der Waals surface area contributed by atoms with Crippen molar-refractivity contribution in [1.29, 1.82) is 0 Å². The Labute approximate surface area is 194 Å². The summed E-state index contributed by atoms with van der Waals surface area (Å²) in [6.07, 6.45) is 1.48. The zero-order valence-electron chi connectivity index (χ0n) is 18.2. The predicted molar refractivity (Wildman–Crippen MR) is 120 cm³/mol. The van der Waals surface area contributed by atoms with E-state index in [1.807, 2.05) is 4.90 Å². The number of ether oxygens (including phenoxy) is 1. The number of anilines is 1. The van der Waals surface area contributed by atoms with Crippen LogP contribution in [-0.2, 0) is 4.74 Å². The Bertz CT molecular complexity index is 1150. The SMILES string of the molecule is CCOC(=O)c1ccc(N2CCN(C(=O)c3c(-c4c(F)cccc4Cl)noc3C)CC2)nc1. The van der Waals surface area contributed by atoms with E-state index in [2.05, 4.69) is 10.1 Å². The highest BCUT2D eigenvalue weighted by molar-refractivity contribution is 6.33. The molecule has 1 aromatic carbocycles. The molecule has 0 bridgehead atoms. The lowest BCUT2D eigenvalue weighted by Crippen LogP contribution is -2.49. The summed E-state index contributed by atoms with van der Waals surface area (Å²) in [5.41, 5.74) is 0.729. The first-order chi connectivity index (χ1) is 15.9. The maximum atomic E-state index is 14.5. The van der Waals surface area contributed by atoms with Crippen LogP contribution >= 0.6 is 11.6 Å². The van der Waals surface area contributed by atoms with Crippen LogP contribution in [0.2, 0.25) is 5.02 Å². The van der Waals surface area contributed by atoms with Crippen LogP contribution in [0, 0.1) is 12.7 Å². The molecule has 10 heteroatoms. The number of piperazine rings is 1. The van der Waals surface area contributed by atoms with E-state index in [1.54, 1.807) is 30.9 Å². The van der Waals surface area contributed by atoms with Crippen molar-refractivity contribution in [2.24, 2.45) is 0 Å². The van der Waals surface area contributed by atoms with Crippen molar-refractivity contribution in [3.8, 4) is 11.3 Å². The molecule has 0 radical (unpaired) electrons. The van der Waals surface area contributed by atoms with Gasteiger partial charge in [-0.3, -0.25) is 4.79 Å². The number of benzene rings is 1. The monoisotopic (exact) mass is 472 g/mol. The molecule has 0 atom stereocenters. The number of carbonyl (C=O) groups excluding carboxylic acids is 2. The Kier molecular flexibility index (Phi) is 6.60. The van der Waals surface area contributed by atoms with Crippen LogP contribution in [0.15, 0.2) is 41.1 Å². The van der Waals surface area contributed by atoms with Gasteiger partial charge in [0.2, 0.25) is 0 Å². The average Bonchev–Trinajstić information content (AvgIpc) is 3.19. The molecule has 0 aliphatic carbocycles. The number of aromatic nitrogens is 2. The van der Waals surface area contributed by atoms with Crippen LogP contribution < -0.4 is 4.90 Å². The van der Waals surface area contributed by atoms with Crippen molar-refractivity contribution in [3.63, 3.8) is 0 Å². The Balaban J connectivity index is 1.48. The van der Waals surface area contributed by atoms with Crippen LogP contribution in [0.3, 0.4) is 0 Å². The van der Waals surface area contributed by atoms with Crippen molar-refractivity contribution in [2.75, 3.05) is 37.7 Å². The predicted octanol–water partition coefficient (Wildman–Crippen LogP) is 3.98. The maximum absolute atomic E-state index is 14.5. The Hall–Kier alpha value is -3.46. The molecular formula is C23H22ClFN4O4. The van der Waals surface area contributed by atoms with E-state index in [4.69, 9.17) is 20.9 Å². The molecule has 1 aliphatic heterocycles. The topological polar surface area (TPSA) is 88.8 Å². The molecule has 172 valence electrons. The molecule has 4 rings (SSSR count). The zero-order chi connectivity index (χ0) is 23.5. The maximum Gasteiger partial charge on any atom is 0.339 e. The Morgan fingerprint density at radius 2 is 1.94 bits per heavy atom. The Morgan fingerprint density at radius 1 is 1.18 bits per heavy atom. The summed E-state index contributed by atoms with van der Waals surface area (Å²) in [6.45, 7) is 5.59. The first kappa shape index (κ1) is 22.7. The molecule has 0 spiro atoms. The summed E-state index contributed by atoms with van der Waals surface area (Å²) in [4.78, 5) is 33.1. The number of aryl methyl sites for hydroxylation is 1. The molecule has 8 nitrogen and oxygen atoms in total. The smallest absolute Gasteiger partial charge is 0.339 e. The molecule has 1 fully saturated rings. The third-order valence-electron chi connectivity index (χ3n) is 5.43. The molecule has 1 saturated heterocycles. The minimum atomic E-state index is -0.577. The minimum absolute atomic E-state index is 0.0453. The van der Waals surface area contributed by atoms with Gasteiger partial charge in [-0.2, -0.15) is 0 Å². The number of halogens is 2. The van der Waals surface area contributed by atoms with Gasteiger partial charge in [0.05, 0.1) is 22.8 Å². The molecule has 3 heterocycles. The standard InChI is InChI=1S/C23H22ClFN4O4/c1-3-32-23(31)15-7-8-18(26-13-15)28-9-11-29(12-10-28)22(30)19-14(2)33-27-21(19)20-16(24)5-4-6-17(20)25/h4-8,13H,3,9-12H2,1-2H3. The van der Waals surface area contributed by atoms with E-state index in [1.165, 1.54) is 24.4 Å². The van der Waals surface area contributed by atoms with Gasteiger partial charge in [-0.05, 0) is 38.1 Å². The molecule has 3 aromatic rings. The van der Waals surface area contributed by atoms with Gasteiger partial charge in [0, 0.05) is 32.4 Å². The number of pyridine rings is 1. The van der Waals surface area contributed by atoms with E-state index in [0.717, 1.165) is 0 Å². The van der Waals surface area contributed by atoms with Gasteiger partial charge in [0.1, 0.15) is 28.7 Å². The van der Waals surface area contributed by atoms with Crippen molar-refractivity contribution in [2.45, 2.75) is 13.8 Å². The van der Waals surface area contributed by atoms with E-state index in [-0.39, 0.29) is 27.8 Å². The van der Waals surface area contributed by atoms with Gasteiger partial charge in [-0.15, -0.1) is 0 Å². The molecule has 33 heavy (non-hydrogen) atoms. The lowest BCUT2D eigenvalue weighted by atomic mass is 10.0. The summed E-state index contributed by atoms with van der Waals surface area (Å²) >= 11 is 6.18. The van der Waals surface area contributed by atoms with Crippen LogP contribution in [0.4, 0.5) is 10.2 Å². The summed E-state index contributed by atoms with van der Waals surface area (Å²) in [6, 6.07) is 7.72. The fourth-order valence-electron chi connectivity index (χ4n) is 3.72. The first-order valence-corrected chi connectivity index (χ1v) is 10.9. The molecule has 0 N–H and O–H groups in total. The van der Waals surface area contributed by atoms with Gasteiger partial charge in [-0.25, -0.2) is 14.2 Å². The normalized spacial score (nSPS) is 13.8. The van der Waals surface area contributed by atoms with Gasteiger partial charge in [-0.1, -0.05) is 22.8 Å². The van der Waals surface area contributed by atoms with E-state index < -0.39 is 11.8 Å². The van der Waals surface area contributed by atoms with Crippen molar-refractivity contribution >= 4 is 29.3 Å². The van der Waals surface area contributed by atoms with Crippen molar-refractivity contribution in [1.82, 2.24) is 15.0 Å². The third kappa shape index (κ3) is 4.54. The molecular weight excluding hydrogens is 451 g/mol. The van der Waals surface area contributed by atoms with Crippen LogP contribution in [-0.4, -0.2) is 59.7 Å². The van der Waals surface area contributed by atoms with E-state index in [9.17, 15) is 14.0 Å². The number of carbonyl (C=O) groups is 2. The molecule has 0 saturated carbocycles. The number of rotatable bonds is 5. The molecule has 0 unspecified atom stereocenters. The summed E-state index contributed by atoms with van der Waals surface area (Å²) in [5, 5.41) is 4.07. The third-order valence-corrected chi connectivity index (χ3v) is 5.74. The Morgan fingerprint density at radius 3 is 2.58 bits per heavy atom. The summed E-state index contributed by atoms with van der Waals surface area (Å²) < 4.78 is 24.7. The lowest BCUT2D eigenvalue weighted by Gasteiger charge is -2.35. The number of esters is 1. The molecule has 1 aliphatic rings. The fraction of sp³-hybridized carbons (Fsp3) is 0.304. The van der Waals surface area contributed by atoms with Gasteiger partial charge in [0.15, 0.2) is 0 Å².